The Morgan fingerprint density at radius 3 is 3.30 bits per heavy atom. The van der Waals surface area contributed by atoms with Gasteiger partial charge in [-0.05, 0) is 30.5 Å². The van der Waals surface area contributed by atoms with Crippen LogP contribution in [0.1, 0.15) is 18.4 Å². The van der Waals surface area contributed by atoms with Gasteiger partial charge in [-0.25, -0.2) is 9.78 Å². The van der Waals surface area contributed by atoms with Crippen LogP contribution < -0.4 is 10.6 Å². The second kappa shape index (κ2) is 5.92. The highest BCUT2D eigenvalue weighted by molar-refractivity contribution is 5.74. The molecule has 2 aromatic heterocycles. The summed E-state index contributed by atoms with van der Waals surface area (Å²) in [5, 5.41) is 5.79. The molecule has 2 aromatic rings. The second-order valence-corrected chi connectivity index (χ2v) is 4.97. The maximum absolute atomic E-state index is 11.8. The van der Waals surface area contributed by atoms with Gasteiger partial charge in [0, 0.05) is 31.7 Å². The molecular weight excluding hydrogens is 256 g/mol. The maximum atomic E-state index is 11.8. The summed E-state index contributed by atoms with van der Waals surface area (Å²) in [5.74, 6) is 0. The number of carbonyl (C=O) groups excluding carboxylic acids is 1. The summed E-state index contributed by atoms with van der Waals surface area (Å²) in [6.45, 7) is 1.89. The number of urea groups is 1. The monoisotopic (exact) mass is 274 g/mol. The number of nitrogens with one attached hydrogen (secondary N) is 2. The minimum atomic E-state index is -0.149. The first-order valence-electron chi connectivity index (χ1n) is 6.85. The Labute approximate surface area is 117 Å². The number of fused-ring (bicyclic) bond motifs is 1. The summed E-state index contributed by atoms with van der Waals surface area (Å²) >= 11 is 0. The number of nitrogens with zero attached hydrogens (tertiary/aromatic N) is 2. The van der Waals surface area contributed by atoms with E-state index in [-0.39, 0.29) is 12.1 Å². The van der Waals surface area contributed by atoms with Crippen molar-refractivity contribution >= 4 is 11.7 Å². The number of ether oxygens (including phenoxy) is 1. The zero-order valence-corrected chi connectivity index (χ0v) is 11.2. The Kier molecular flexibility index (Phi) is 3.83. The molecular formula is C14H18N4O2. The number of pyridine rings is 1. The van der Waals surface area contributed by atoms with Crippen LogP contribution >= 0.6 is 0 Å². The van der Waals surface area contributed by atoms with E-state index >= 15 is 0 Å². The van der Waals surface area contributed by atoms with Crippen molar-refractivity contribution < 1.29 is 9.53 Å². The highest BCUT2D eigenvalue weighted by Gasteiger charge is 2.15. The molecule has 0 bridgehead atoms. The molecule has 6 heteroatoms. The number of carbonyl (C=O) groups is 1. The molecule has 0 spiro atoms. The molecule has 3 rings (SSSR count). The van der Waals surface area contributed by atoms with E-state index in [9.17, 15) is 4.79 Å². The average Bonchev–Trinajstić information content (AvgIpc) is 2.93. The normalized spacial score (nSPS) is 18.9. The van der Waals surface area contributed by atoms with Crippen molar-refractivity contribution in [1.82, 2.24) is 20.0 Å². The van der Waals surface area contributed by atoms with Crippen LogP contribution in [0.15, 0.2) is 30.7 Å². The fraction of sp³-hybridized carbons (Fsp3) is 0.429. The molecule has 0 radical (unpaired) electrons. The smallest absolute Gasteiger partial charge is 0.315 e. The van der Waals surface area contributed by atoms with Crippen molar-refractivity contribution in [3.8, 4) is 0 Å². The zero-order chi connectivity index (χ0) is 13.8. The summed E-state index contributed by atoms with van der Waals surface area (Å²) < 4.78 is 7.27. The van der Waals surface area contributed by atoms with Gasteiger partial charge in [-0.2, -0.15) is 0 Å². The lowest BCUT2D eigenvalue weighted by Gasteiger charge is -2.23. The quantitative estimate of drug-likeness (QED) is 0.887. The topological polar surface area (TPSA) is 67.7 Å². The van der Waals surface area contributed by atoms with Crippen LogP contribution in [0.4, 0.5) is 4.79 Å². The van der Waals surface area contributed by atoms with Crippen molar-refractivity contribution in [2.24, 2.45) is 0 Å². The van der Waals surface area contributed by atoms with E-state index in [0.29, 0.717) is 13.2 Å². The standard InChI is InChI=1S/C14H18N4O2/c19-14(17-12-2-1-7-20-10-12)16-9-11-3-5-18-6-4-15-13(18)8-11/h3-6,8,12H,1-2,7,9-10H2,(H2,16,17,19). The number of hydrogen-bond donors (Lipinski definition) is 2. The van der Waals surface area contributed by atoms with Gasteiger partial charge in [-0.1, -0.05) is 0 Å². The number of hydrogen-bond acceptors (Lipinski definition) is 3. The Morgan fingerprint density at radius 1 is 1.50 bits per heavy atom. The molecule has 20 heavy (non-hydrogen) atoms. The van der Waals surface area contributed by atoms with Gasteiger partial charge < -0.3 is 19.8 Å². The third-order valence-corrected chi connectivity index (χ3v) is 3.41. The molecule has 2 amide bonds. The SMILES string of the molecule is O=C(NCc1ccn2ccnc2c1)NC1CCCOC1. The molecule has 1 saturated heterocycles. The molecule has 2 N–H and O–H groups in total. The van der Waals surface area contributed by atoms with E-state index in [1.54, 1.807) is 6.20 Å². The summed E-state index contributed by atoms with van der Waals surface area (Å²) in [6.07, 6.45) is 7.56. The van der Waals surface area contributed by atoms with Crippen LogP contribution in [-0.2, 0) is 11.3 Å². The Morgan fingerprint density at radius 2 is 2.45 bits per heavy atom. The highest BCUT2D eigenvalue weighted by atomic mass is 16.5. The zero-order valence-electron chi connectivity index (χ0n) is 11.2. The highest BCUT2D eigenvalue weighted by Crippen LogP contribution is 2.06. The van der Waals surface area contributed by atoms with Crippen molar-refractivity contribution in [2.45, 2.75) is 25.4 Å². The summed E-state index contributed by atoms with van der Waals surface area (Å²) in [5.41, 5.74) is 1.91. The van der Waals surface area contributed by atoms with Gasteiger partial charge in [-0.3, -0.25) is 0 Å². The van der Waals surface area contributed by atoms with Crippen LogP contribution in [-0.4, -0.2) is 34.7 Å². The first-order valence-corrected chi connectivity index (χ1v) is 6.85. The molecule has 0 aromatic carbocycles. The van der Waals surface area contributed by atoms with E-state index in [1.165, 1.54) is 0 Å². The molecule has 1 atom stereocenters. The number of amides is 2. The van der Waals surface area contributed by atoms with Gasteiger partial charge in [0.25, 0.3) is 0 Å². The van der Waals surface area contributed by atoms with E-state index in [4.69, 9.17) is 4.74 Å². The minimum Gasteiger partial charge on any atom is -0.379 e. The van der Waals surface area contributed by atoms with Crippen LogP contribution in [0.2, 0.25) is 0 Å². The number of rotatable bonds is 3. The third-order valence-electron chi connectivity index (χ3n) is 3.41. The van der Waals surface area contributed by atoms with E-state index in [2.05, 4.69) is 15.6 Å². The molecule has 6 nitrogen and oxygen atoms in total. The van der Waals surface area contributed by atoms with Crippen molar-refractivity contribution in [3.63, 3.8) is 0 Å². The fourth-order valence-electron chi connectivity index (χ4n) is 2.34. The Bertz CT molecular complexity index is 590. The molecule has 1 aliphatic heterocycles. The third kappa shape index (κ3) is 3.08. The van der Waals surface area contributed by atoms with Gasteiger partial charge in [0.15, 0.2) is 0 Å². The molecule has 1 aliphatic rings. The molecule has 1 unspecified atom stereocenters. The van der Waals surface area contributed by atoms with Crippen LogP contribution in [0.5, 0.6) is 0 Å². The van der Waals surface area contributed by atoms with Crippen LogP contribution in [0.3, 0.4) is 0 Å². The lowest BCUT2D eigenvalue weighted by Crippen LogP contribution is -2.45. The lowest BCUT2D eigenvalue weighted by molar-refractivity contribution is 0.0732. The molecule has 1 fully saturated rings. The first kappa shape index (κ1) is 12.9. The summed E-state index contributed by atoms with van der Waals surface area (Å²) in [7, 11) is 0. The Balaban J connectivity index is 1.51. The van der Waals surface area contributed by atoms with Gasteiger partial charge in [0.05, 0.1) is 12.6 Å². The Hall–Kier alpha value is -2.08. The van der Waals surface area contributed by atoms with Gasteiger partial charge in [-0.15, -0.1) is 0 Å². The summed E-state index contributed by atoms with van der Waals surface area (Å²) in [6, 6.07) is 3.91. The first-order chi connectivity index (χ1) is 9.81. The van der Waals surface area contributed by atoms with Crippen molar-refractivity contribution in [2.75, 3.05) is 13.2 Å². The number of imidazole rings is 1. The largest absolute Gasteiger partial charge is 0.379 e. The predicted octanol–water partition coefficient (Wildman–Crippen LogP) is 1.31. The van der Waals surface area contributed by atoms with Crippen LogP contribution in [0, 0.1) is 0 Å². The van der Waals surface area contributed by atoms with Crippen molar-refractivity contribution in [3.05, 3.63) is 36.3 Å². The van der Waals surface area contributed by atoms with Gasteiger partial charge in [0.2, 0.25) is 0 Å². The average molecular weight is 274 g/mol. The van der Waals surface area contributed by atoms with Gasteiger partial charge in [0.1, 0.15) is 5.65 Å². The van der Waals surface area contributed by atoms with E-state index in [0.717, 1.165) is 30.7 Å². The number of aromatic nitrogens is 2. The van der Waals surface area contributed by atoms with E-state index < -0.39 is 0 Å². The predicted molar refractivity (Wildman–Crippen MR) is 74.4 cm³/mol. The molecule has 0 aliphatic carbocycles. The van der Waals surface area contributed by atoms with E-state index in [1.807, 2.05) is 28.9 Å². The lowest BCUT2D eigenvalue weighted by atomic mass is 10.1. The molecule has 3 heterocycles. The minimum absolute atomic E-state index is 0.124. The molecule has 0 saturated carbocycles. The maximum Gasteiger partial charge on any atom is 0.315 e. The fourth-order valence-corrected chi connectivity index (χ4v) is 2.34. The summed E-state index contributed by atoms with van der Waals surface area (Å²) in [4.78, 5) is 16.0. The van der Waals surface area contributed by atoms with Crippen LogP contribution in [0.25, 0.3) is 5.65 Å². The molecule has 106 valence electrons. The second-order valence-electron chi connectivity index (χ2n) is 4.97. The van der Waals surface area contributed by atoms with Crippen molar-refractivity contribution in [1.29, 1.82) is 0 Å². The van der Waals surface area contributed by atoms with Gasteiger partial charge >= 0.3 is 6.03 Å².